The number of ether oxygens (including phenoxy) is 3. The fourth-order valence-corrected chi connectivity index (χ4v) is 4.29. The van der Waals surface area contributed by atoms with Crippen LogP contribution in [0.5, 0.6) is 11.5 Å². The quantitative estimate of drug-likeness (QED) is 0.638. The predicted octanol–water partition coefficient (Wildman–Crippen LogP) is 3.45. The third kappa shape index (κ3) is 2.95. The maximum absolute atomic E-state index is 5.72. The lowest BCUT2D eigenvalue weighted by Gasteiger charge is -2.27. The van der Waals surface area contributed by atoms with Gasteiger partial charge in [0.15, 0.2) is 23.1 Å². The van der Waals surface area contributed by atoms with Crippen molar-refractivity contribution in [1.82, 2.24) is 19.9 Å². The minimum Gasteiger partial charge on any atom is -0.493 e. The molecule has 0 fully saturated rings. The Morgan fingerprint density at radius 1 is 1.03 bits per heavy atom. The van der Waals surface area contributed by atoms with E-state index in [-0.39, 0.29) is 6.04 Å². The zero-order chi connectivity index (χ0) is 20.7. The van der Waals surface area contributed by atoms with Gasteiger partial charge in [-0.25, -0.2) is 19.9 Å². The van der Waals surface area contributed by atoms with Crippen LogP contribution in [0, 0.1) is 0 Å². The van der Waals surface area contributed by atoms with Crippen LogP contribution in [0.4, 0.5) is 5.82 Å². The molecule has 0 saturated carbocycles. The first kappa shape index (κ1) is 18.7. The van der Waals surface area contributed by atoms with E-state index >= 15 is 0 Å². The van der Waals surface area contributed by atoms with E-state index in [4.69, 9.17) is 19.2 Å². The van der Waals surface area contributed by atoms with Crippen molar-refractivity contribution in [3.05, 3.63) is 53.0 Å². The molecule has 1 aromatic carbocycles. The zero-order valence-corrected chi connectivity index (χ0v) is 17.3. The molecule has 30 heavy (non-hydrogen) atoms. The Morgan fingerprint density at radius 2 is 1.80 bits per heavy atom. The topological polar surface area (TPSA) is 82.5 Å². The van der Waals surface area contributed by atoms with Gasteiger partial charge in [-0.15, -0.1) is 0 Å². The molecule has 1 unspecified atom stereocenters. The molecule has 0 bridgehead atoms. The maximum Gasteiger partial charge on any atom is 0.200 e. The number of hydrogen-bond donors (Lipinski definition) is 0. The molecule has 0 aliphatic carbocycles. The van der Waals surface area contributed by atoms with E-state index in [1.807, 2.05) is 0 Å². The molecule has 3 aromatic rings. The highest BCUT2D eigenvalue weighted by atomic mass is 16.5. The lowest BCUT2D eigenvalue weighted by atomic mass is 10.0. The monoisotopic (exact) mass is 405 g/mol. The van der Waals surface area contributed by atoms with Gasteiger partial charge in [0, 0.05) is 24.5 Å². The number of hydrogen-bond acceptors (Lipinski definition) is 8. The van der Waals surface area contributed by atoms with Gasteiger partial charge in [-0.2, -0.15) is 0 Å². The van der Waals surface area contributed by atoms with Gasteiger partial charge in [0.05, 0.1) is 39.2 Å². The van der Waals surface area contributed by atoms with Crippen LogP contribution >= 0.6 is 0 Å². The van der Waals surface area contributed by atoms with Crippen molar-refractivity contribution in [2.24, 2.45) is 0 Å². The van der Waals surface area contributed by atoms with Gasteiger partial charge in [-0.3, -0.25) is 0 Å². The number of nitrogens with zero attached hydrogens (tertiary/aromatic N) is 5. The molecular formula is C22H23N5O3. The number of aromatic nitrogens is 4. The Morgan fingerprint density at radius 3 is 2.53 bits per heavy atom. The van der Waals surface area contributed by atoms with E-state index in [1.165, 1.54) is 11.1 Å². The SMILES string of the molecule is CCC1c2cc(OC)c(OC)cc2CN1c1nc(-c2ncccn2)nc2c1COC2. The van der Waals surface area contributed by atoms with Gasteiger partial charge < -0.3 is 19.1 Å². The molecule has 5 rings (SSSR count). The fraction of sp³-hybridized carbons (Fsp3) is 0.364. The van der Waals surface area contributed by atoms with Crippen molar-refractivity contribution in [3.63, 3.8) is 0 Å². The highest BCUT2D eigenvalue weighted by molar-refractivity contribution is 5.62. The minimum absolute atomic E-state index is 0.170. The summed E-state index contributed by atoms with van der Waals surface area (Å²) in [5.74, 6) is 3.41. The molecule has 0 saturated heterocycles. The molecule has 0 radical (unpaired) electrons. The standard InChI is InChI=1S/C22H23N5O3/c1-4-17-14-9-19(29-3)18(28-2)8-13(14)10-27(17)22-15-11-30-12-16(15)25-21(26-22)20-23-6-5-7-24-20/h5-9,17H,4,10-12H2,1-3H3. The third-order valence-corrected chi connectivity index (χ3v) is 5.70. The zero-order valence-electron chi connectivity index (χ0n) is 17.3. The van der Waals surface area contributed by atoms with Crippen molar-refractivity contribution in [3.8, 4) is 23.1 Å². The summed E-state index contributed by atoms with van der Waals surface area (Å²) in [6.45, 7) is 3.90. The number of benzene rings is 1. The van der Waals surface area contributed by atoms with Gasteiger partial charge >= 0.3 is 0 Å². The average Bonchev–Trinajstić information content (AvgIpc) is 3.41. The summed E-state index contributed by atoms with van der Waals surface area (Å²) in [4.78, 5) is 20.6. The van der Waals surface area contributed by atoms with Crippen molar-refractivity contribution >= 4 is 5.82 Å². The van der Waals surface area contributed by atoms with Gasteiger partial charge in [0.1, 0.15) is 5.82 Å². The smallest absolute Gasteiger partial charge is 0.200 e. The molecule has 2 aliphatic rings. The molecule has 8 nitrogen and oxygen atoms in total. The summed E-state index contributed by atoms with van der Waals surface area (Å²) < 4.78 is 16.8. The average molecular weight is 405 g/mol. The normalized spacial score (nSPS) is 17.0. The maximum atomic E-state index is 5.72. The second-order valence-corrected chi connectivity index (χ2v) is 7.32. The Kier molecular flexibility index (Phi) is 4.71. The molecule has 4 heterocycles. The van der Waals surface area contributed by atoms with Crippen LogP contribution in [0.3, 0.4) is 0 Å². The Labute approximate surface area is 174 Å². The second kappa shape index (κ2) is 7.53. The van der Waals surface area contributed by atoms with Gasteiger partial charge in [0.25, 0.3) is 0 Å². The number of anilines is 1. The van der Waals surface area contributed by atoms with Gasteiger partial charge in [0.2, 0.25) is 0 Å². The van der Waals surface area contributed by atoms with Crippen molar-refractivity contribution in [2.75, 3.05) is 19.1 Å². The van der Waals surface area contributed by atoms with E-state index < -0.39 is 0 Å². The van der Waals surface area contributed by atoms with Crippen molar-refractivity contribution < 1.29 is 14.2 Å². The number of rotatable bonds is 5. The summed E-state index contributed by atoms with van der Waals surface area (Å²) in [5.41, 5.74) is 4.39. The highest BCUT2D eigenvalue weighted by Crippen LogP contribution is 2.45. The third-order valence-electron chi connectivity index (χ3n) is 5.70. The van der Waals surface area contributed by atoms with E-state index in [9.17, 15) is 0 Å². The molecular weight excluding hydrogens is 382 g/mol. The van der Waals surface area contributed by atoms with Crippen LogP contribution in [-0.4, -0.2) is 34.2 Å². The Bertz CT molecular complexity index is 1090. The van der Waals surface area contributed by atoms with E-state index in [0.717, 1.165) is 41.5 Å². The van der Waals surface area contributed by atoms with E-state index in [1.54, 1.807) is 32.7 Å². The number of fused-ring (bicyclic) bond motifs is 2. The fourth-order valence-electron chi connectivity index (χ4n) is 4.29. The van der Waals surface area contributed by atoms with Crippen molar-refractivity contribution in [1.29, 1.82) is 0 Å². The van der Waals surface area contributed by atoms with Crippen LogP contribution in [-0.2, 0) is 24.5 Å². The minimum atomic E-state index is 0.170. The number of methoxy groups -OCH3 is 2. The van der Waals surface area contributed by atoms with Crippen LogP contribution in [0.1, 0.15) is 41.8 Å². The first-order valence-electron chi connectivity index (χ1n) is 9.99. The Hall–Kier alpha value is -3.26. The molecule has 0 amide bonds. The predicted molar refractivity (Wildman–Crippen MR) is 110 cm³/mol. The first-order valence-corrected chi connectivity index (χ1v) is 9.99. The lowest BCUT2D eigenvalue weighted by Crippen LogP contribution is -2.24. The van der Waals surface area contributed by atoms with Crippen LogP contribution in [0.2, 0.25) is 0 Å². The summed E-state index contributed by atoms with van der Waals surface area (Å²) >= 11 is 0. The van der Waals surface area contributed by atoms with Crippen LogP contribution < -0.4 is 14.4 Å². The van der Waals surface area contributed by atoms with Crippen molar-refractivity contribution in [2.45, 2.75) is 39.1 Å². The molecule has 0 N–H and O–H groups in total. The Balaban J connectivity index is 1.62. The van der Waals surface area contributed by atoms with Crippen LogP contribution in [0.25, 0.3) is 11.6 Å². The second-order valence-electron chi connectivity index (χ2n) is 7.32. The van der Waals surface area contributed by atoms with Crippen LogP contribution in [0.15, 0.2) is 30.6 Å². The van der Waals surface area contributed by atoms with Gasteiger partial charge in [-0.05, 0) is 35.7 Å². The summed E-state index contributed by atoms with van der Waals surface area (Å²) in [7, 11) is 3.33. The molecule has 1 atom stereocenters. The highest BCUT2D eigenvalue weighted by Gasteiger charge is 2.35. The lowest BCUT2D eigenvalue weighted by molar-refractivity contribution is 0.133. The first-order chi connectivity index (χ1) is 14.7. The van der Waals surface area contributed by atoms with E-state index in [0.29, 0.717) is 24.9 Å². The molecule has 0 spiro atoms. The molecule has 8 heteroatoms. The summed E-state index contributed by atoms with van der Waals surface area (Å²) in [5, 5.41) is 0. The molecule has 154 valence electrons. The van der Waals surface area contributed by atoms with E-state index in [2.05, 4.69) is 38.9 Å². The molecule has 2 aromatic heterocycles. The summed E-state index contributed by atoms with van der Waals surface area (Å²) in [6.07, 6.45) is 4.34. The largest absolute Gasteiger partial charge is 0.493 e. The molecule has 2 aliphatic heterocycles. The summed E-state index contributed by atoms with van der Waals surface area (Å²) in [6, 6.07) is 6.10. The van der Waals surface area contributed by atoms with Gasteiger partial charge in [-0.1, -0.05) is 6.92 Å².